The van der Waals surface area contributed by atoms with Crippen molar-refractivity contribution >= 4 is 12.1 Å². The van der Waals surface area contributed by atoms with Crippen LogP contribution in [0.4, 0.5) is 0 Å². The van der Waals surface area contributed by atoms with E-state index in [-0.39, 0.29) is 12.5 Å². The number of ether oxygens (including phenoxy) is 2. The highest BCUT2D eigenvalue weighted by Gasteiger charge is 2.08. The molecule has 9 nitrogen and oxygen atoms in total. The van der Waals surface area contributed by atoms with Gasteiger partial charge in [0.05, 0.1) is 20.4 Å². The zero-order chi connectivity index (χ0) is 19.1. The van der Waals surface area contributed by atoms with E-state index in [2.05, 4.69) is 25.9 Å². The summed E-state index contributed by atoms with van der Waals surface area (Å²) < 4.78 is 10.4. The molecule has 1 N–H and O–H groups in total. The molecular weight excluding hydrogens is 348 g/mol. The Morgan fingerprint density at radius 3 is 2.67 bits per heavy atom. The average molecular weight is 366 g/mol. The summed E-state index contributed by atoms with van der Waals surface area (Å²) in [6.45, 7) is -0.0941. The fourth-order valence-corrected chi connectivity index (χ4v) is 2.29. The van der Waals surface area contributed by atoms with Crippen LogP contribution in [0.5, 0.6) is 11.5 Å². The van der Waals surface area contributed by atoms with Crippen molar-refractivity contribution in [2.45, 2.75) is 6.54 Å². The van der Waals surface area contributed by atoms with Crippen LogP contribution in [0.1, 0.15) is 5.56 Å². The lowest BCUT2D eigenvalue weighted by atomic mass is 10.2. The van der Waals surface area contributed by atoms with Gasteiger partial charge in [-0.25, -0.2) is 5.43 Å². The Balaban J connectivity index is 1.57. The number of carbonyl (C=O) groups excluding carboxylic acids is 1. The van der Waals surface area contributed by atoms with Gasteiger partial charge in [-0.3, -0.25) is 4.79 Å². The largest absolute Gasteiger partial charge is 0.493 e. The number of methoxy groups -OCH3 is 2. The molecule has 27 heavy (non-hydrogen) atoms. The van der Waals surface area contributed by atoms with Crippen LogP contribution in [0.25, 0.3) is 11.4 Å². The first kappa shape index (κ1) is 18.1. The van der Waals surface area contributed by atoms with Gasteiger partial charge in [-0.05, 0) is 29.0 Å². The molecule has 2 aromatic carbocycles. The predicted molar refractivity (Wildman–Crippen MR) is 98.5 cm³/mol. The number of nitrogens with zero attached hydrogens (tertiary/aromatic N) is 5. The van der Waals surface area contributed by atoms with Crippen molar-refractivity contribution in [2.24, 2.45) is 5.10 Å². The van der Waals surface area contributed by atoms with Crippen LogP contribution >= 0.6 is 0 Å². The number of carbonyl (C=O) groups is 1. The van der Waals surface area contributed by atoms with Gasteiger partial charge in [-0.1, -0.05) is 30.3 Å². The van der Waals surface area contributed by atoms with E-state index in [4.69, 9.17) is 9.47 Å². The second-order valence-electron chi connectivity index (χ2n) is 5.42. The number of rotatable bonds is 7. The maximum Gasteiger partial charge on any atom is 0.263 e. The zero-order valence-electron chi connectivity index (χ0n) is 14.9. The second kappa shape index (κ2) is 8.56. The Morgan fingerprint density at radius 2 is 1.93 bits per heavy atom. The van der Waals surface area contributed by atoms with Crippen molar-refractivity contribution in [2.75, 3.05) is 14.2 Å². The summed E-state index contributed by atoms with van der Waals surface area (Å²) in [5.74, 6) is 1.28. The van der Waals surface area contributed by atoms with Crippen molar-refractivity contribution in [1.29, 1.82) is 0 Å². The highest BCUT2D eigenvalue weighted by Crippen LogP contribution is 2.26. The number of nitrogens with one attached hydrogen (secondary N) is 1. The summed E-state index contributed by atoms with van der Waals surface area (Å²) in [7, 11) is 3.11. The van der Waals surface area contributed by atoms with E-state index in [9.17, 15) is 4.79 Å². The van der Waals surface area contributed by atoms with E-state index in [1.165, 1.54) is 11.0 Å². The number of hydrazone groups is 1. The third kappa shape index (κ3) is 4.66. The predicted octanol–water partition coefficient (Wildman–Crippen LogP) is 1.51. The minimum absolute atomic E-state index is 0.0941. The van der Waals surface area contributed by atoms with E-state index >= 15 is 0 Å². The van der Waals surface area contributed by atoms with Crippen molar-refractivity contribution < 1.29 is 14.3 Å². The van der Waals surface area contributed by atoms with Crippen LogP contribution < -0.4 is 14.9 Å². The van der Waals surface area contributed by atoms with E-state index in [1.54, 1.807) is 32.4 Å². The van der Waals surface area contributed by atoms with E-state index in [1.807, 2.05) is 30.3 Å². The Labute approximate surface area is 155 Å². The van der Waals surface area contributed by atoms with Crippen molar-refractivity contribution in [3.63, 3.8) is 0 Å². The number of benzene rings is 2. The lowest BCUT2D eigenvalue weighted by Gasteiger charge is -2.07. The van der Waals surface area contributed by atoms with Gasteiger partial charge in [0.15, 0.2) is 11.5 Å². The lowest BCUT2D eigenvalue weighted by molar-refractivity contribution is -0.122. The molecule has 0 spiro atoms. The molecule has 3 aromatic rings. The molecule has 0 aliphatic carbocycles. The van der Waals surface area contributed by atoms with E-state index in [0.29, 0.717) is 17.3 Å². The number of tetrazole rings is 1. The average Bonchev–Trinajstić information content (AvgIpc) is 3.17. The highest BCUT2D eigenvalue weighted by atomic mass is 16.5. The summed E-state index contributed by atoms with van der Waals surface area (Å²) in [6.07, 6.45) is 1.50. The quantitative estimate of drug-likeness (QED) is 0.502. The molecule has 0 radical (unpaired) electrons. The molecule has 3 rings (SSSR count). The van der Waals surface area contributed by atoms with Gasteiger partial charge < -0.3 is 9.47 Å². The Bertz CT molecular complexity index is 939. The normalized spacial score (nSPS) is 10.7. The van der Waals surface area contributed by atoms with Crippen molar-refractivity contribution in [3.05, 3.63) is 54.1 Å². The number of aromatic nitrogens is 4. The van der Waals surface area contributed by atoms with Gasteiger partial charge >= 0.3 is 0 Å². The zero-order valence-corrected chi connectivity index (χ0v) is 14.9. The molecular formula is C18H18N6O3. The molecule has 0 unspecified atom stereocenters. The summed E-state index contributed by atoms with van der Waals surface area (Å²) in [5, 5.41) is 15.9. The van der Waals surface area contributed by atoms with E-state index in [0.717, 1.165) is 11.1 Å². The third-order valence-corrected chi connectivity index (χ3v) is 3.58. The maximum atomic E-state index is 12.0. The smallest absolute Gasteiger partial charge is 0.263 e. The fourth-order valence-electron chi connectivity index (χ4n) is 2.29. The minimum atomic E-state index is -0.372. The van der Waals surface area contributed by atoms with Gasteiger partial charge in [0, 0.05) is 5.56 Å². The molecule has 1 amide bonds. The van der Waals surface area contributed by atoms with Crippen LogP contribution in [0.15, 0.2) is 53.6 Å². The third-order valence-electron chi connectivity index (χ3n) is 3.58. The molecule has 0 aliphatic heterocycles. The summed E-state index contributed by atoms with van der Waals surface area (Å²) >= 11 is 0. The molecule has 138 valence electrons. The minimum Gasteiger partial charge on any atom is -0.493 e. The van der Waals surface area contributed by atoms with Crippen molar-refractivity contribution in [1.82, 2.24) is 25.6 Å². The molecule has 0 atom stereocenters. The fraction of sp³-hybridized carbons (Fsp3) is 0.167. The number of hydrogen-bond donors (Lipinski definition) is 1. The summed E-state index contributed by atoms with van der Waals surface area (Å²) in [6, 6.07) is 14.7. The standard InChI is InChI=1S/C18H18N6O3/c1-26-15-9-8-13(10-16(15)27-2)11-19-20-17(25)12-24-22-18(21-23-24)14-6-4-3-5-7-14/h3-11H,12H2,1-2H3,(H,20,25)/b19-11+. The summed E-state index contributed by atoms with van der Waals surface area (Å²) in [4.78, 5) is 13.2. The number of amides is 1. The van der Waals surface area contributed by atoms with E-state index < -0.39 is 0 Å². The summed E-state index contributed by atoms with van der Waals surface area (Å²) in [5.41, 5.74) is 4.00. The molecule has 0 aliphatic rings. The first-order chi connectivity index (χ1) is 13.2. The molecule has 1 aromatic heterocycles. The van der Waals surface area contributed by atoms with Gasteiger partial charge in [0.25, 0.3) is 5.91 Å². The van der Waals surface area contributed by atoms with Crippen LogP contribution in [0.2, 0.25) is 0 Å². The van der Waals surface area contributed by atoms with Crippen LogP contribution in [0.3, 0.4) is 0 Å². The first-order valence-electron chi connectivity index (χ1n) is 8.07. The SMILES string of the molecule is COc1ccc(/C=N/NC(=O)Cn2nnc(-c3ccccc3)n2)cc1OC. The lowest BCUT2D eigenvalue weighted by Crippen LogP contribution is -2.24. The van der Waals surface area contributed by atoms with Gasteiger partial charge in [0.2, 0.25) is 5.82 Å². The second-order valence-corrected chi connectivity index (χ2v) is 5.42. The van der Waals surface area contributed by atoms with Crippen molar-refractivity contribution in [3.8, 4) is 22.9 Å². The molecule has 1 heterocycles. The Hall–Kier alpha value is -3.75. The van der Waals surface area contributed by atoms with Crippen LogP contribution in [-0.2, 0) is 11.3 Å². The molecule has 9 heteroatoms. The van der Waals surface area contributed by atoms with Gasteiger partial charge in [-0.2, -0.15) is 9.90 Å². The van der Waals surface area contributed by atoms with Crippen LogP contribution in [-0.4, -0.2) is 46.5 Å². The topological polar surface area (TPSA) is 104 Å². The van der Waals surface area contributed by atoms with Gasteiger partial charge in [-0.15, -0.1) is 10.2 Å². The van der Waals surface area contributed by atoms with Gasteiger partial charge in [0.1, 0.15) is 6.54 Å². The molecule has 0 saturated heterocycles. The first-order valence-corrected chi connectivity index (χ1v) is 8.07. The Kier molecular flexibility index (Phi) is 5.73. The monoisotopic (exact) mass is 366 g/mol. The van der Waals surface area contributed by atoms with Crippen LogP contribution in [0, 0.1) is 0 Å². The highest BCUT2D eigenvalue weighted by molar-refractivity contribution is 5.83. The number of hydrogen-bond acceptors (Lipinski definition) is 7. The molecule has 0 saturated carbocycles. The molecule has 0 fully saturated rings. The molecule has 0 bridgehead atoms. The maximum absolute atomic E-state index is 12.0. The Morgan fingerprint density at radius 1 is 1.15 bits per heavy atom.